The lowest BCUT2D eigenvalue weighted by Crippen LogP contribution is -2.22. The molecule has 3 aromatic carbocycles. The van der Waals surface area contributed by atoms with Crippen LogP contribution in [0.4, 0.5) is 0 Å². The standard InChI is InChI=1S/C21H21NO5S/c1-22(2)28(24,25)18-10-6-7-15(11-18)14-27-20-13-17-9-5-4-8-16(17)12-19(20)21(23)26-3/h4-13H,14H2,1-3H3. The Kier molecular flexibility index (Phi) is 5.67. The first-order valence-corrected chi connectivity index (χ1v) is 10.0. The van der Waals surface area contributed by atoms with Gasteiger partial charge in [0.2, 0.25) is 10.0 Å². The Labute approximate surface area is 164 Å². The van der Waals surface area contributed by atoms with Crippen LogP contribution in [0.15, 0.2) is 65.6 Å². The van der Waals surface area contributed by atoms with Crippen molar-refractivity contribution in [3.8, 4) is 5.75 Å². The van der Waals surface area contributed by atoms with Gasteiger partial charge in [-0.15, -0.1) is 0 Å². The molecule has 7 heteroatoms. The van der Waals surface area contributed by atoms with Crippen molar-refractivity contribution in [1.29, 1.82) is 0 Å². The average molecular weight is 399 g/mol. The number of hydrogen-bond donors (Lipinski definition) is 0. The highest BCUT2D eigenvalue weighted by Gasteiger charge is 2.18. The van der Waals surface area contributed by atoms with E-state index in [-0.39, 0.29) is 11.5 Å². The van der Waals surface area contributed by atoms with Crippen LogP contribution in [0.25, 0.3) is 10.8 Å². The van der Waals surface area contributed by atoms with E-state index in [0.29, 0.717) is 16.9 Å². The highest BCUT2D eigenvalue weighted by Crippen LogP contribution is 2.28. The van der Waals surface area contributed by atoms with Gasteiger partial charge in [0.05, 0.1) is 12.0 Å². The van der Waals surface area contributed by atoms with E-state index in [1.165, 1.54) is 27.3 Å². The van der Waals surface area contributed by atoms with Crippen LogP contribution in [-0.4, -0.2) is 39.9 Å². The van der Waals surface area contributed by atoms with Crippen molar-refractivity contribution in [3.05, 3.63) is 71.8 Å². The lowest BCUT2D eigenvalue weighted by atomic mass is 10.1. The molecule has 0 aliphatic heterocycles. The van der Waals surface area contributed by atoms with Crippen molar-refractivity contribution in [2.75, 3.05) is 21.2 Å². The number of carbonyl (C=O) groups excluding carboxylic acids is 1. The van der Waals surface area contributed by atoms with Gasteiger partial charge in [0.1, 0.15) is 17.9 Å². The third kappa shape index (κ3) is 4.00. The van der Waals surface area contributed by atoms with Gasteiger partial charge in [0.15, 0.2) is 0 Å². The second kappa shape index (κ2) is 8.00. The molecule has 0 atom stereocenters. The van der Waals surface area contributed by atoms with Crippen molar-refractivity contribution in [2.45, 2.75) is 11.5 Å². The fraction of sp³-hybridized carbons (Fsp3) is 0.190. The average Bonchev–Trinajstić information content (AvgIpc) is 2.71. The monoisotopic (exact) mass is 399 g/mol. The quantitative estimate of drug-likeness (QED) is 0.594. The molecule has 28 heavy (non-hydrogen) atoms. The zero-order valence-electron chi connectivity index (χ0n) is 15.9. The summed E-state index contributed by atoms with van der Waals surface area (Å²) in [4.78, 5) is 12.3. The zero-order valence-corrected chi connectivity index (χ0v) is 16.7. The molecule has 0 aromatic heterocycles. The van der Waals surface area contributed by atoms with Crippen molar-refractivity contribution >= 4 is 26.8 Å². The highest BCUT2D eigenvalue weighted by molar-refractivity contribution is 7.89. The Hall–Kier alpha value is -2.90. The number of sulfonamides is 1. The number of fused-ring (bicyclic) bond motifs is 1. The summed E-state index contributed by atoms with van der Waals surface area (Å²) in [6.07, 6.45) is 0. The highest BCUT2D eigenvalue weighted by atomic mass is 32.2. The molecular weight excluding hydrogens is 378 g/mol. The lowest BCUT2D eigenvalue weighted by Gasteiger charge is -2.14. The van der Waals surface area contributed by atoms with E-state index in [9.17, 15) is 13.2 Å². The Morgan fingerprint density at radius 3 is 2.29 bits per heavy atom. The minimum atomic E-state index is -3.53. The Balaban J connectivity index is 1.92. The fourth-order valence-electron chi connectivity index (χ4n) is 2.78. The molecule has 0 spiro atoms. The zero-order chi connectivity index (χ0) is 20.3. The molecule has 0 saturated carbocycles. The second-order valence-electron chi connectivity index (χ2n) is 6.41. The first kappa shape index (κ1) is 19.9. The molecule has 0 N–H and O–H groups in total. The van der Waals surface area contributed by atoms with Gasteiger partial charge >= 0.3 is 5.97 Å². The van der Waals surface area contributed by atoms with Gasteiger partial charge in [0, 0.05) is 14.1 Å². The lowest BCUT2D eigenvalue weighted by molar-refractivity contribution is 0.0595. The smallest absolute Gasteiger partial charge is 0.341 e. The summed E-state index contributed by atoms with van der Waals surface area (Å²) in [7, 11) is 0.748. The predicted octanol–water partition coefficient (Wildman–Crippen LogP) is 3.46. The first-order valence-electron chi connectivity index (χ1n) is 8.58. The molecule has 0 amide bonds. The predicted molar refractivity (Wildman–Crippen MR) is 107 cm³/mol. The van der Waals surface area contributed by atoms with E-state index < -0.39 is 16.0 Å². The maximum Gasteiger partial charge on any atom is 0.341 e. The van der Waals surface area contributed by atoms with E-state index in [0.717, 1.165) is 15.1 Å². The maximum absolute atomic E-state index is 12.3. The Morgan fingerprint density at radius 1 is 0.964 bits per heavy atom. The second-order valence-corrected chi connectivity index (χ2v) is 8.56. The van der Waals surface area contributed by atoms with Crippen LogP contribution in [-0.2, 0) is 21.4 Å². The van der Waals surface area contributed by atoms with Gasteiger partial charge < -0.3 is 9.47 Å². The number of methoxy groups -OCH3 is 1. The Morgan fingerprint density at radius 2 is 1.64 bits per heavy atom. The molecule has 0 unspecified atom stereocenters. The number of esters is 1. The minimum absolute atomic E-state index is 0.110. The van der Waals surface area contributed by atoms with E-state index >= 15 is 0 Å². The molecule has 6 nitrogen and oxygen atoms in total. The summed E-state index contributed by atoms with van der Waals surface area (Å²) in [5, 5.41) is 1.82. The van der Waals surface area contributed by atoms with Gasteiger partial charge in [-0.1, -0.05) is 36.4 Å². The van der Waals surface area contributed by atoms with Crippen LogP contribution in [0.5, 0.6) is 5.75 Å². The van der Waals surface area contributed by atoms with Gasteiger partial charge in [-0.3, -0.25) is 0 Å². The normalized spacial score (nSPS) is 11.6. The first-order chi connectivity index (χ1) is 13.3. The summed E-state index contributed by atoms with van der Waals surface area (Å²) in [5.74, 6) is -0.115. The molecule has 3 rings (SSSR count). The van der Waals surface area contributed by atoms with Crippen LogP contribution >= 0.6 is 0 Å². The van der Waals surface area contributed by atoms with Crippen LogP contribution < -0.4 is 4.74 Å². The van der Waals surface area contributed by atoms with Crippen LogP contribution in [0.2, 0.25) is 0 Å². The molecule has 3 aromatic rings. The molecule has 0 fully saturated rings. The summed E-state index contributed by atoms with van der Waals surface area (Å²) < 4.78 is 36.5. The number of rotatable bonds is 6. The van der Waals surface area contributed by atoms with Gasteiger partial charge in [-0.05, 0) is 40.6 Å². The Bertz CT molecular complexity index is 1120. The number of ether oxygens (including phenoxy) is 2. The van der Waals surface area contributed by atoms with Crippen molar-refractivity contribution in [3.63, 3.8) is 0 Å². The molecule has 0 aliphatic carbocycles. The van der Waals surface area contributed by atoms with E-state index in [1.807, 2.05) is 24.3 Å². The van der Waals surface area contributed by atoms with Crippen LogP contribution in [0, 0.1) is 0 Å². The van der Waals surface area contributed by atoms with Gasteiger partial charge in [-0.2, -0.15) is 0 Å². The number of nitrogens with zero attached hydrogens (tertiary/aromatic N) is 1. The fourth-order valence-corrected chi connectivity index (χ4v) is 3.75. The topological polar surface area (TPSA) is 72.9 Å². The molecule has 146 valence electrons. The number of carbonyl (C=O) groups is 1. The van der Waals surface area contributed by atoms with E-state index in [1.54, 1.807) is 30.3 Å². The van der Waals surface area contributed by atoms with Crippen LogP contribution in [0.1, 0.15) is 15.9 Å². The molecular formula is C21H21NO5S. The largest absolute Gasteiger partial charge is 0.488 e. The maximum atomic E-state index is 12.3. The molecule has 0 aliphatic rings. The van der Waals surface area contributed by atoms with Gasteiger partial charge in [0.25, 0.3) is 0 Å². The third-order valence-corrected chi connectivity index (χ3v) is 6.14. The molecule has 0 bridgehead atoms. The SMILES string of the molecule is COC(=O)c1cc2ccccc2cc1OCc1cccc(S(=O)(=O)N(C)C)c1. The molecule has 0 heterocycles. The number of benzene rings is 3. The summed E-state index contributed by atoms with van der Waals surface area (Å²) >= 11 is 0. The minimum Gasteiger partial charge on any atom is -0.488 e. The summed E-state index contributed by atoms with van der Waals surface area (Å²) in [6.45, 7) is 0.110. The molecule has 0 radical (unpaired) electrons. The summed E-state index contributed by atoms with van der Waals surface area (Å²) in [5.41, 5.74) is 0.991. The van der Waals surface area contributed by atoms with E-state index in [4.69, 9.17) is 9.47 Å². The molecule has 0 saturated heterocycles. The van der Waals surface area contributed by atoms with E-state index in [2.05, 4.69) is 0 Å². The van der Waals surface area contributed by atoms with Crippen molar-refractivity contribution in [2.24, 2.45) is 0 Å². The van der Waals surface area contributed by atoms with Gasteiger partial charge in [-0.25, -0.2) is 17.5 Å². The van der Waals surface area contributed by atoms with Crippen molar-refractivity contribution in [1.82, 2.24) is 4.31 Å². The summed E-state index contributed by atoms with van der Waals surface area (Å²) in [6, 6.07) is 17.7. The third-order valence-electron chi connectivity index (χ3n) is 4.32. The number of hydrogen-bond acceptors (Lipinski definition) is 5. The van der Waals surface area contributed by atoms with Crippen molar-refractivity contribution < 1.29 is 22.7 Å². The van der Waals surface area contributed by atoms with Crippen LogP contribution in [0.3, 0.4) is 0 Å².